The number of anilines is 1. The number of aryl methyl sites for hydroxylation is 2. The molecule has 1 amide bonds. The summed E-state index contributed by atoms with van der Waals surface area (Å²) in [6, 6.07) is 7.38. The molecule has 116 valence electrons. The van der Waals surface area contributed by atoms with Crippen molar-refractivity contribution in [1.82, 2.24) is 19.7 Å². The first-order chi connectivity index (χ1) is 11.0. The zero-order chi connectivity index (χ0) is 16.4. The third-order valence-electron chi connectivity index (χ3n) is 3.18. The Hall–Kier alpha value is -3.09. The molecule has 1 aromatic carbocycles. The summed E-state index contributed by atoms with van der Waals surface area (Å²) >= 11 is 0. The highest BCUT2D eigenvalue weighted by molar-refractivity contribution is 6.04. The van der Waals surface area contributed by atoms with Gasteiger partial charge in [0, 0.05) is 11.3 Å². The van der Waals surface area contributed by atoms with Gasteiger partial charge in [-0.15, -0.1) is 0 Å². The Labute approximate surface area is 132 Å². The highest BCUT2D eigenvalue weighted by atomic mass is 19.1. The van der Waals surface area contributed by atoms with Crippen molar-refractivity contribution in [2.75, 3.05) is 5.32 Å². The molecule has 1 N–H and O–H groups in total. The molecule has 0 fully saturated rings. The molecule has 23 heavy (non-hydrogen) atoms. The molecule has 2 aromatic heterocycles. The number of nitrogens with zero attached hydrogens (tertiary/aromatic N) is 4. The Kier molecular flexibility index (Phi) is 3.84. The van der Waals surface area contributed by atoms with Gasteiger partial charge in [-0.1, -0.05) is 6.07 Å². The van der Waals surface area contributed by atoms with Gasteiger partial charge in [0.05, 0.1) is 23.8 Å². The molecule has 3 aromatic rings. The van der Waals surface area contributed by atoms with Gasteiger partial charge >= 0.3 is 0 Å². The number of hydrogen-bond acceptors (Lipinski definition) is 4. The Morgan fingerprint density at radius 2 is 1.91 bits per heavy atom. The summed E-state index contributed by atoms with van der Waals surface area (Å²) in [5, 5.41) is 6.91. The standard InChI is InChI=1S/C16H14FN5O/c1-10-6-11(2)22(21-10)16-18-8-14(9-19-16)20-15(23)12-4-3-5-13(17)7-12/h3-9H,1-2H3,(H,20,23). The van der Waals surface area contributed by atoms with Crippen LogP contribution in [0.1, 0.15) is 21.7 Å². The van der Waals surface area contributed by atoms with Crippen molar-refractivity contribution >= 4 is 11.6 Å². The number of hydrogen-bond donors (Lipinski definition) is 1. The van der Waals surface area contributed by atoms with Crippen molar-refractivity contribution in [2.24, 2.45) is 0 Å². The zero-order valence-corrected chi connectivity index (χ0v) is 12.6. The van der Waals surface area contributed by atoms with E-state index in [1.807, 2.05) is 19.9 Å². The highest BCUT2D eigenvalue weighted by Crippen LogP contribution is 2.11. The number of nitrogens with one attached hydrogen (secondary N) is 1. The molecule has 6 nitrogen and oxygen atoms in total. The molecule has 3 rings (SSSR count). The predicted octanol–water partition coefficient (Wildman–Crippen LogP) is 2.67. The lowest BCUT2D eigenvalue weighted by atomic mass is 10.2. The summed E-state index contributed by atoms with van der Waals surface area (Å²) < 4.78 is 14.8. The summed E-state index contributed by atoms with van der Waals surface area (Å²) in [5.41, 5.74) is 2.44. The number of benzene rings is 1. The van der Waals surface area contributed by atoms with E-state index < -0.39 is 11.7 Å². The topological polar surface area (TPSA) is 72.7 Å². The Morgan fingerprint density at radius 3 is 2.52 bits per heavy atom. The van der Waals surface area contributed by atoms with Crippen LogP contribution in [0.5, 0.6) is 0 Å². The van der Waals surface area contributed by atoms with Crippen LogP contribution in [-0.2, 0) is 0 Å². The number of amides is 1. The lowest BCUT2D eigenvalue weighted by Gasteiger charge is -2.06. The van der Waals surface area contributed by atoms with E-state index in [0.717, 1.165) is 11.4 Å². The van der Waals surface area contributed by atoms with E-state index >= 15 is 0 Å². The van der Waals surface area contributed by atoms with Crippen LogP contribution in [0.25, 0.3) is 5.95 Å². The van der Waals surface area contributed by atoms with E-state index in [-0.39, 0.29) is 5.56 Å². The van der Waals surface area contributed by atoms with Gasteiger partial charge in [-0.3, -0.25) is 4.79 Å². The van der Waals surface area contributed by atoms with Gasteiger partial charge in [-0.05, 0) is 38.1 Å². The second-order valence-corrected chi connectivity index (χ2v) is 5.08. The smallest absolute Gasteiger partial charge is 0.255 e. The van der Waals surface area contributed by atoms with Gasteiger partial charge in [0.1, 0.15) is 5.82 Å². The van der Waals surface area contributed by atoms with E-state index in [1.165, 1.54) is 36.7 Å². The molecule has 7 heteroatoms. The minimum Gasteiger partial charge on any atom is -0.319 e. The maximum atomic E-state index is 13.1. The van der Waals surface area contributed by atoms with Gasteiger partial charge in [0.25, 0.3) is 11.9 Å². The molecule has 2 heterocycles. The maximum Gasteiger partial charge on any atom is 0.255 e. The highest BCUT2D eigenvalue weighted by Gasteiger charge is 2.09. The normalized spacial score (nSPS) is 10.6. The maximum absolute atomic E-state index is 13.1. The second kappa shape index (κ2) is 5.96. The van der Waals surface area contributed by atoms with Crippen molar-refractivity contribution < 1.29 is 9.18 Å². The molecular formula is C16H14FN5O. The van der Waals surface area contributed by atoms with Crippen LogP contribution in [0.2, 0.25) is 0 Å². The van der Waals surface area contributed by atoms with Gasteiger partial charge in [-0.2, -0.15) is 5.10 Å². The van der Waals surface area contributed by atoms with Crippen LogP contribution in [0.15, 0.2) is 42.7 Å². The van der Waals surface area contributed by atoms with E-state index in [4.69, 9.17) is 0 Å². The largest absolute Gasteiger partial charge is 0.319 e. The van der Waals surface area contributed by atoms with Crippen molar-refractivity contribution in [1.29, 1.82) is 0 Å². The number of carbonyl (C=O) groups excluding carboxylic acids is 1. The summed E-state index contributed by atoms with van der Waals surface area (Å²) in [6.07, 6.45) is 2.96. The fourth-order valence-electron chi connectivity index (χ4n) is 2.16. The molecule has 0 spiro atoms. The lowest BCUT2D eigenvalue weighted by Crippen LogP contribution is -2.13. The Bertz CT molecular complexity index is 857. The first-order valence-corrected chi connectivity index (χ1v) is 6.95. The number of halogens is 1. The first-order valence-electron chi connectivity index (χ1n) is 6.95. The van der Waals surface area contributed by atoms with E-state index in [9.17, 15) is 9.18 Å². The van der Waals surface area contributed by atoms with Gasteiger partial charge in [-0.25, -0.2) is 19.0 Å². The van der Waals surface area contributed by atoms with Crippen LogP contribution in [0, 0.1) is 19.7 Å². The third kappa shape index (κ3) is 3.23. The molecule has 0 bridgehead atoms. The average Bonchev–Trinajstić information content (AvgIpc) is 2.86. The van der Waals surface area contributed by atoms with E-state index in [2.05, 4.69) is 20.4 Å². The van der Waals surface area contributed by atoms with E-state index in [0.29, 0.717) is 11.6 Å². The number of carbonyl (C=O) groups is 1. The van der Waals surface area contributed by atoms with Gasteiger partial charge in [0.15, 0.2) is 0 Å². The van der Waals surface area contributed by atoms with Crippen molar-refractivity contribution in [3.63, 3.8) is 0 Å². The van der Waals surface area contributed by atoms with Crippen LogP contribution < -0.4 is 5.32 Å². The lowest BCUT2D eigenvalue weighted by molar-refractivity contribution is 0.102. The summed E-state index contributed by atoms with van der Waals surface area (Å²) in [4.78, 5) is 20.4. The Morgan fingerprint density at radius 1 is 1.17 bits per heavy atom. The first kappa shape index (κ1) is 14.8. The number of aromatic nitrogens is 4. The quantitative estimate of drug-likeness (QED) is 0.807. The minimum atomic E-state index is -0.464. The van der Waals surface area contributed by atoms with Crippen molar-refractivity contribution in [2.45, 2.75) is 13.8 Å². The average molecular weight is 311 g/mol. The third-order valence-corrected chi connectivity index (χ3v) is 3.18. The van der Waals surface area contributed by atoms with E-state index in [1.54, 1.807) is 4.68 Å². The molecule has 0 radical (unpaired) electrons. The number of rotatable bonds is 3. The predicted molar refractivity (Wildman–Crippen MR) is 83.0 cm³/mol. The second-order valence-electron chi connectivity index (χ2n) is 5.08. The van der Waals surface area contributed by atoms with Crippen LogP contribution >= 0.6 is 0 Å². The molecule has 0 atom stereocenters. The molecule has 0 aliphatic rings. The zero-order valence-electron chi connectivity index (χ0n) is 12.6. The monoisotopic (exact) mass is 311 g/mol. The molecule has 0 saturated heterocycles. The molecule has 0 saturated carbocycles. The van der Waals surface area contributed by atoms with Crippen LogP contribution in [-0.4, -0.2) is 25.7 Å². The van der Waals surface area contributed by atoms with Crippen LogP contribution in [0.4, 0.5) is 10.1 Å². The molecule has 0 aliphatic carbocycles. The molecule has 0 aliphatic heterocycles. The summed E-state index contributed by atoms with van der Waals surface area (Å²) in [5.74, 6) is -0.472. The molecule has 0 unspecified atom stereocenters. The fourth-order valence-corrected chi connectivity index (χ4v) is 2.16. The Balaban J connectivity index is 1.77. The molecular weight excluding hydrogens is 297 g/mol. The summed E-state index contributed by atoms with van der Waals surface area (Å²) in [6.45, 7) is 3.79. The summed E-state index contributed by atoms with van der Waals surface area (Å²) in [7, 11) is 0. The van der Waals surface area contributed by atoms with Crippen molar-refractivity contribution in [3.8, 4) is 5.95 Å². The SMILES string of the molecule is Cc1cc(C)n(-c2ncc(NC(=O)c3cccc(F)c3)cn2)n1. The van der Waals surface area contributed by atoms with Crippen LogP contribution in [0.3, 0.4) is 0 Å². The minimum absolute atomic E-state index is 0.229. The fraction of sp³-hybridized carbons (Fsp3) is 0.125. The van der Waals surface area contributed by atoms with Crippen molar-refractivity contribution in [3.05, 3.63) is 65.5 Å². The van der Waals surface area contributed by atoms with Gasteiger partial charge < -0.3 is 5.32 Å². The van der Waals surface area contributed by atoms with Gasteiger partial charge in [0.2, 0.25) is 0 Å².